The highest BCUT2D eigenvalue weighted by molar-refractivity contribution is 7.98. The third-order valence-electron chi connectivity index (χ3n) is 6.89. The number of hydrogen-bond donors (Lipinski definition) is 1. The molecule has 4 aromatic carbocycles. The van der Waals surface area contributed by atoms with Gasteiger partial charge in [0.15, 0.2) is 16.7 Å². The van der Waals surface area contributed by atoms with E-state index in [1.165, 1.54) is 5.56 Å². The van der Waals surface area contributed by atoms with Crippen molar-refractivity contribution in [3.8, 4) is 22.8 Å². The molecule has 0 fully saturated rings. The monoisotopic (exact) mass is 574 g/mol. The van der Waals surface area contributed by atoms with Crippen LogP contribution in [0.3, 0.4) is 0 Å². The third kappa shape index (κ3) is 6.72. The Hall–Kier alpha value is -4.82. The number of anilines is 1. The third-order valence-corrected chi connectivity index (χ3v) is 7.81. The van der Waals surface area contributed by atoms with Crippen molar-refractivity contribution in [3.05, 3.63) is 131 Å². The Morgan fingerprint density at radius 2 is 1.52 bits per heavy atom. The molecule has 8 heteroatoms. The number of thioether (sulfide) groups is 1. The number of carbonyl (C=O) groups excluding carboxylic acids is 1. The molecule has 0 saturated carbocycles. The molecule has 210 valence electrons. The summed E-state index contributed by atoms with van der Waals surface area (Å²) in [5, 5.41) is 3.68. The maximum atomic E-state index is 12.7. The molecule has 6 rings (SSSR count). The molecular formula is C34H30N4O3S. The van der Waals surface area contributed by atoms with E-state index in [0.29, 0.717) is 28.8 Å². The molecule has 2 heterocycles. The smallest absolute Gasteiger partial charge is 0.251 e. The van der Waals surface area contributed by atoms with E-state index in [4.69, 9.17) is 19.4 Å². The van der Waals surface area contributed by atoms with Crippen molar-refractivity contribution in [2.24, 2.45) is 0 Å². The van der Waals surface area contributed by atoms with E-state index in [-0.39, 0.29) is 12.7 Å². The predicted molar refractivity (Wildman–Crippen MR) is 166 cm³/mol. The number of benzene rings is 4. The molecule has 1 aliphatic rings. The normalized spacial score (nSPS) is 11.7. The Bertz CT molecular complexity index is 1660. The van der Waals surface area contributed by atoms with Crippen molar-refractivity contribution in [2.45, 2.75) is 24.0 Å². The highest BCUT2D eigenvalue weighted by Gasteiger charge is 2.15. The average molecular weight is 575 g/mol. The van der Waals surface area contributed by atoms with E-state index in [9.17, 15) is 4.79 Å². The minimum absolute atomic E-state index is 0.128. The number of hydrogen-bond acceptors (Lipinski definition) is 7. The van der Waals surface area contributed by atoms with Gasteiger partial charge in [-0.15, -0.1) is 0 Å². The molecule has 1 aliphatic heterocycles. The molecule has 5 aromatic rings. The zero-order valence-corrected chi connectivity index (χ0v) is 24.0. The minimum Gasteiger partial charge on any atom is -0.454 e. The first-order valence-electron chi connectivity index (χ1n) is 13.7. The van der Waals surface area contributed by atoms with Crippen LogP contribution in [0.4, 0.5) is 5.82 Å². The van der Waals surface area contributed by atoms with Gasteiger partial charge in [0.25, 0.3) is 5.91 Å². The maximum Gasteiger partial charge on any atom is 0.251 e. The first-order valence-corrected chi connectivity index (χ1v) is 14.7. The summed E-state index contributed by atoms with van der Waals surface area (Å²) < 4.78 is 10.8. The first-order chi connectivity index (χ1) is 20.6. The minimum atomic E-state index is -0.128. The van der Waals surface area contributed by atoms with Crippen molar-refractivity contribution < 1.29 is 14.3 Å². The molecular weight excluding hydrogens is 544 g/mol. The van der Waals surface area contributed by atoms with Crippen molar-refractivity contribution >= 4 is 23.5 Å². The van der Waals surface area contributed by atoms with Crippen LogP contribution in [0.1, 0.15) is 27.0 Å². The van der Waals surface area contributed by atoms with Crippen LogP contribution in [0.2, 0.25) is 0 Å². The first kappa shape index (κ1) is 27.4. The van der Waals surface area contributed by atoms with E-state index in [0.717, 1.165) is 40.5 Å². The number of rotatable bonds is 10. The van der Waals surface area contributed by atoms with Gasteiger partial charge >= 0.3 is 0 Å². The fourth-order valence-electron chi connectivity index (χ4n) is 4.60. The molecule has 42 heavy (non-hydrogen) atoms. The molecule has 0 bridgehead atoms. The van der Waals surface area contributed by atoms with Crippen molar-refractivity contribution in [2.75, 3.05) is 18.7 Å². The van der Waals surface area contributed by atoms with Crippen molar-refractivity contribution in [1.82, 2.24) is 15.3 Å². The molecule has 0 spiro atoms. The Labute approximate surface area is 249 Å². The summed E-state index contributed by atoms with van der Waals surface area (Å²) in [6, 6.07) is 35.9. The lowest BCUT2D eigenvalue weighted by molar-refractivity contribution is 0.0951. The van der Waals surface area contributed by atoms with Crippen LogP contribution in [0, 0.1) is 0 Å². The molecule has 0 unspecified atom stereocenters. The zero-order valence-electron chi connectivity index (χ0n) is 23.2. The predicted octanol–water partition coefficient (Wildman–Crippen LogP) is 6.73. The summed E-state index contributed by atoms with van der Waals surface area (Å²) in [7, 11) is 2.05. The van der Waals surface area contributed by atoms with Gasteiger partial charge in [0.1, 0.15) is 5.82 Å². The summed E-state index contributed by atoms with van der Waals surface area (Å²) in [4.78, 5) is 24.7. The second-order valence-electron chi connectivity index (χ2n) is 9.96. The number of ether oxygens (including phenoxy) is 2. The fraction of sp³-hybridized carbons (Fsp3) is 0.147. The lowest BCUT2D eigenvalue weighted by atomic mass is 10.1. The van der Waals surface area contributed by atoms with Crippen LogP contribution in [0.15, 0.2) is 114 Å². The molecule has 0 aliphatic carbocycles. The quantitative estimate of drug-likeness (QED) is 0.146. The van der Waals surface area contributed by atoms with Gasteiger partial charge < -0.3 is 19.7 Å². The molecule has 0 radical (unpaired) electrons. The van der Waals surface area contributed by atoms with Gasteiger partial charge in [-0.25, -0.2) is 9.97 Å². The van der Waals surface area contributed by atoms with Crippen LogP contribution >= 0.6 is 11.8 Å². The van der Waals surface area contributed by atoms with E-state index in [1.54, 1.807) is 11.8 Å². The second-order valence-corrected chi connectivity index (χ2v) is 10.9. The fourth-order valence-corrected chi connectivity index (χ4v) is 5.41. The summed E-state index contributed by atoms with van der Waals surface area (Å²) >= 11 is 1.58. The lowest BCUT2D eigenvalue weighted by Crippen LogP contribution is -2.22. The molecule has 0 atom stereocenters. The lowest BCUT2D eigenvalue weighted by Gasteiger charge is -2.20. The van der Waals surface area contributed by atoms with Gasteiger partial charge in [-0.2, -0.15) is 0 Å². The SMILES string of the molecule is CN(Cc1ccccc1)c1cc(-c2ccccc2)nc(SCc2ccc(C(=O)NCc3ccc4c(c3)OCO4)cc2)n1. The van der Waals surface area contributed by atoms with Crippen molar-refractivity contribution in [3.63, 3.8) is 0 Å². The van der Waals surface area contributed by atoms with Crippen LogP contribution in [-0.4, -0.2) is 29.7 Å². The number of nitrogens with one attached hydrogen (secondary N) is 1. The largest absolute Gasteiger partial charge is 0.454 e. The molecule has 7 nitrogen and oxygen atoms in total. The van der Waals surface area contributed by atoms with E-state index >= 15 is 0 Å². The second kappa shape index (κ2) is 12.8. The number of nitrogens with zero attached hydrogens (tertiary/aromatic N) is 3. The van der Waals surface area contributed by atoms with Crippen LogP contribution in [-0.2, 0) is 18.8 Å². The van der Waals surface area contributed by atoms with E-state index < -0.39 is 0 Å². The summed E-state index contributed by atoms with van der Waals surface area (Å²) in [5.74, 6) is 2.85. The Balaban J connectivity index is 1.11. The van der Waals surface area contributed by atoms with Gasteiger partial charge in [0, 0.05) is 43.1 Å². The zero-order chi connectivity index (χ0) is 28.7. The van der Waals surface area contributed by atoms with Crippen molar-refractivity contribution in [1.29, 1.82) is 0 Å². The maximum absolute atomic E-state index is 12.7. The number of carbonyl (C=O) groups is 1. The number of aromatic nitrogens is 2. The van der Waals surface area contributed by atoms with Crippen LogP contribution in [0.25, 0.3) is 11.3 Å². The Morgan fingerprint density at radius 1 is 0.810 bits per heavy atom. The Morgan fingerprint density at radius 3 is 2.31 bits per heavy atom. The Kier molecular flexibility index (Phi) is 8.33. The van der Waals surface area contributed by atoms with E-state index in [1.807, 2.05) is 84.9 Å². The molecule has 1 aromatic heterocycles. The van der Waals surface area contributed by atoms with E-state index in [2.05, 4.69) is 41.5 Å². The molecule has 1 N–H and O–H groups in total. The molecule has 1 amide bonds. The topological polar surface area (TPSA) is 76.6 Å². The number of amides is 1. The summed E-state index contributed by atoms with van der Waals surface area (Å²) in [6.07, 6.45) is 0. The standard InChI is InChI=1S/C34H30N4O3S/c1-38(21-24-8-4-2-5-9-24)32-19-29(27-10-6-3-7-11-27)36-34(37-32)42-22-25-12-15-28(16-13-25)33(39)35-20-26-14-17-30-31(18-26)41-23-40-30/h2-19H,20-23H2,1H3,(H,35,39). The summed E-state index contributed by atoms with van der Waals surface area (Å²) in [5.41, 5.74) is 5.79. The number of fused-ring (bicyclic) bond motifs is 1. The van der Waals surface area contributed by atoms with Crippen LogP contribution < -0.4 is 19.7 Å². The highest BCUT2D eigenvalue weighted by atomic mass is 32.2. The van der Waals surface area contributed by atoms with Crippen LogP contribution in [0.5, 0.6) is 11.5 Å². The average Bonchev–Trinajstić information content (AvgIpc) is 3.52. The summed E-state index contributed by atoms with van der Waals surface area (Å²) in [6.45, 7) is 1.38. The van der Waals surface area contributed by atoms with Gasteiger partial charge in [-0.1, -0.05) is 90.6 Å². The van der Waals surface area contributed by atoms with Gasteiger partial charge in [-0.3, -0.25) is 4.79 Å². The van der Waals surface area contributed by atoms with Gasteiger partial charge in [0.2, 0.25) is 6.79 Å². The highest BCUT2D eigenvalue weighted by Crippen LogP contribution is 2.32. The molecule has 0 saturated heterocycles. The van der Waals surface area contributed by atoms with Gasteiger partial charge in [-0.05, 0) is 41.0 Å². The van der Waals surface area contributed by atoms with Gasteiger partial charge in [0.05, 0.1) is 5.69 Å².